The van der Waals surface area contributed by atoms with Crippen molar-refractivity contribution in [3.05, 3.63) is 52.3 Å². The molecule has 0 saturated heterocycles. The molecule has 2 aromatic rings. The first kappa shape index (κ1) is 15.5. The van der Waals surface area contributed by atoms with Gasteiger partial charge in [0.25, 0.3) is 0 Å². The van der Waals surface area contributed by atoms with Crippen LogP contribution in [0.5, 0.6) is 5.75 Å². The lowest BCUT2D eigenvalue weighted by Crippen LogP contribution is -2.37. The Balaban J connectivity index is 1.98. The fourth-order valence-electron chi connectivity index (χ4n) is 1.84. The van der Waals surface area contributed by atoms with Gasteiger partial charge >= 0.3 is 0 Å². The zero-order valence-corrected chi connectivity index (χ0v) is 13.1. The third-order valence-corrected chi connectivity index (χ3v) is 3.84. The number of nitrogens with two attached hydrogens (primary N) is 1. The van der Waals surface area contributed by atoms with Crippen molar-refractivity contribution in [1.29, 1.82) is 0 Å². The highest BCUT2D eigenvalue weighted by Crippen LogP contribution is 2.17. The summed E-state index contributed by atoms with van der Waals surface area (Å²) in [6.45, 7) is 1.89. The van der Waals surface area contributed by atoms with Crippen LogP contribution in [-0.2, 0) is 11.2 Å². The van der Waals surface area contributed by atoms with Gasteiger partial charge in [-0.25, -0.2) is 4.98 Å². The van der Waals surface area contributed by atoms with E-state index in [2.05, 4.69) is 26.2 Å². The lowest BCUT2D eigenvalue weighted by atomic mass is 10.1. The number of phenols is 1. The maximum Gasteiger partial charge on any atom is 0.241 e. The number of aryl methyl sites for hydroxylation is 1. The number of aromatic hydroxyl groups is 1. The summed E-state index contributed by atoms with van der Waals surface area (Å²) < 4.78 is 0.744. The molecule has 2 rings (SSSR count). The Labute approximate surface area is 131 Å². The Morgan fingerprint density at radius 3 is 2.71 bits per heavy atom. The molecule has 5 nitrogen and oxygen atoms in total. The molecule has 1 amide bonds. The quantitative estimate of drug-likeness (QED) is 0.739. The molecule has 21 heavy (non-hydrogen) atoms. The van der Waals surface area contributed by atoms with Crippen molar-refractivity contribution in [2.45, 2.75) is 19.4 Å². The topological polar surface area (TPSA) is 88.2 Å². The summed E-state index contributed by atoms with van der Waals surface area (Å²) in [5, 5.41) is 12.0. The van der Waals surface area contributed by atoms with Crippen LogP contribution in [0.4, 0.5) is 5.69 Å². The van der Waals surface area contributed by atoms with Gasteiger partial charge < -0.3 is 16.2 Å². The van der Waals surface area contributed by atoms with Gasteiger partial charge in [-0.1, -0.05) is 12.1 Å². The van der Waals surface area contributed by atoms with Crippen LogP contribution >= 0.6 is 15.9 Å². The van der Waals surface area contributed by atoms with E-state index in [4.69, 9.17) is 5.73 Å². The van der Waals surface area contributed by atoms with Crippen molar-refractivity contribution in [3.8, 4) is 5.75 Å². The first-order chi connectivity index (χ1) is 9.95. The zero-order chi connectivity index (χ0) is 15.4. The summed E-state index contributed by atoms with van der Waals surface area (Å²) in [5.74, 6) is -0.0835. The average molecular weight is 350 g/mol. The standard InChI is InChI=1S/C15H16BrN3O2/c1-9-6-11(8-18-14(9)16)19-15(21)13(17)7-10-2-4-12(20)5-3-10/h2-6,8,13,20H,7,17H2,1H3,(H,19,21)/t13-/m0/s1. The molecule has 1 aromatic heterocycles. The number of hydrogen-bond donors (Lipinski definition) is 3. The third-order valence-electron chi connectivity index (χ3n) is 3.01. The van der Waals surface area contributed by atoms with Gasteiger partial charge in [0.15, 0.2) is 0 Å². The normalized spacial score (nSPS) is 12.0. The van der Waals surface area contributed by atoms with Gasteiger partial charge in [0.05, 0.1) is 17.9 Å². The summed E-state index contributed by atoms with van der Waals surface area (Å²) >= 11 is 3.31. The van der Waals surface area contributed by atoms with E-state index < -0.39 is 6.04 Å². The van der Waals surface area contributed by atoms with E-state index in [-0.39, 0.29) is 11.7 Å². The fourth-order valence-corrected chi connectivity index (χ4v) is 2.06. The van der Waals surface area contributed by atoms with Gasteiger partial charge in [0, 0.05) is 0 Å². The maximum atomic E-state index is 12.1. The first-order valence-electron chi connectivity index (χ1n) is 6.42. The summed E-state index contributed by atoms with van der Waals surface area (Å²) in [5.41, 5.74) is 8.33. The lowest BCUT2D eigenvalue weighted by Gasteiger charge is -2.13. The number of nitrogens with zero attached hydrogens (tertiary/aromatic N) is 1. The van der Waals surface area contributed by atoms with Crippen molar-refractivity contribution < 1.29 is 9.90 Å². The molecule has 0 aliphatic heterocycles. The molecule has 0 fully saturated rings. The monoisotopic (exact) mass is 349 g/mol. The molecule has 0 aliphatic rings. The molecule has 110 valence electrons. The molecule has 0 bridgehead atoms. The number of benzene rings is 1. The zero-order valence-electron chi connectivity index (χ0n) is 11.5. The minimum Gasteiger partial charge on any atom is -0.508 e. The number of carbonyl (C=O) groups excluding carboxylic acids is 1. The molecule has 0 radical (unpaired) electrons. The number of nitrogens with one attached hydrogen (secondary N) is 1. The van der Waals surface area contributed by atoms with Crippen LogP contribution in [0, 0.1) is 6.92 Å². The number of halogens is 1. The molecule has 4 N–H and O–H groups in total. The Morgan fingerprint density at radius 2 is 2.10 bits per heavy atom. The van der Waals surface area contributed by atoms with E-state index in [0.29, 0.717) is 12.1 Å². The number of pyridine rings is 1. The van der Waals surface area contributed by atoms with Crippen LogP contribution in [0.1, 0.15) is 11.1 Å². The van der Waals surface area contributed by atoms with E-state index in [0.717, 1.165) is 15.7 Å². The van der Waals surface area contributed by atoms with Gasteiger partial charge in [-0.2, -0.15) is 0 Å². The Kier molecular flexibility index (Phi) is 4.93. The van der Waals surface area contributed by atoms with Crippen molar-refractivity contribution >= 4 is 27.5 Å². The van der Waals surface area contributed by atoms with Gasteiger partial charge in [0.1, 0.15) is 10.4 Å². The van der Waals surface area contributed by atoms with Crippen LogP contribution < -0.4 is 11.1 Å². The molecule has 1 heterocycles. The summed E-state index contributed by atoms with van der Waals surface area (Å²) in [6, 6.07) is 7.78. The number of amides is 1. The largest absolute Gasteiger partial charge is 0.508 e. The average Bonchev–Trinajstić information content (AvgIpc) is 2.45. The second kappa shape index (κ2) is 6.69. The van der Waals surface area contributed by atoms with E-state index in [1.807, 2.05) is 13.0 Å². The molecule has 1 aromatic carbocycles. The van der Waals surface area contributed by atoms with E-state index >= 15 is 0 Å². The van der Waals surface area contributed by atoms with E-state index in [9.17, 15) is 9.90 Å². The first-order valence-corrected chi connectivity index (χ1v) is 7.21. The minimum absolute atomic E-state index is 0.188. The van der Waals surface area contributed by atoms with Crippen molar-refractivity contribution in [2.24, 2.45) is 5.73 Å². The van der Waals surface area contributed by atoms with Gasteiger partial charge in [-0.05, 0) is 58.6 Å². The number of phenolic OH excluding ortho intramolecular Hbond substituents is 1. The predicted octanol–water partition coefficient (Wildman–Crippen LogP) is 2.37. The highest BCUT2D eigenvalue weighted by atomic mass is 79.9. The van der Waals surface area contributed by atoms with Crippen LogP contribution in [0.15, 0.2) is 41.1 Å². The predicted molar refractivity (Wildman–Crippen MR) is 85.1 cm³/mol. The smallest absolute Gasteiger partial charge is 0.241 e. The molecule has 0 unspecified atom stereocenters. The Bertz CT molecular complexity index is 644. The number of aromatic nitrogens is 1. The number of anilines is 1. The molecule has 1 atom stereocenters. The van der Waals surface area contributed by atoms with Crippen LogP contribution in [0.2, 0.25) is 0 Å². The van der Waals surface area contributed by atoms with Crippen molar-refractivity contribution in [2.75, 3.05) is 5.32 Å². The summed E-state index contributed by atoms with van der Waals surface area (Å²) in [7, 11) is 0. The molecular formula is C15H16BrN3O2. The highest BCUT2D eigenvalue weighted by Gasteiger charge is 2.14. The summed E-state index contributed by atoms with van der Waals surface area (Å²) in [4.78, 5) is 16.2. The van der Waals surface area contributed by atoms with Crippen molar-refractivity contribution in [3.63, 3.8) is 0 Å². The van der Waals surface area contributed by atoms with Crippen molar-refractivity contribution in [1.82, 2.24) is 4.98 Å². The van der Waals surface area contributed by atoms with Gasteiger partial charge in [0.2, 0.25) is 5.91 Å². The van der Waals surface area contributed by atoms with Crippen LogP contribution in [-0.4, -0.2) is 22.0 Å². The third kappa shape index (κ3) is 4.27. The molecule has 6 heteroatoms. The molecular weight excluding hydrogens is 334 g/mol. The van der Waals surface area contributed by atoms with Crippen LogP contribution in [0.3, 0.4) is 0 Å². The second-order valence-corrected chi connectivity index (χ2v) is 5.55. The van der Waals surface area contributed by atoms with Crippen LogP contribution in [0.25, 0.3) is 0 Å². The fraction of sp³-hybridized carbons (Fsp3) is 0.200. The van der Waals surface area contributed by atoms with E-state index in [1.165, 1.54) is 0 Å². The van der Waals surface area contributed by atoms with Gasteiger partial charge in [-0.15, -0.1) is 0 Å². The Hall–Kier alpha value is -1.92. The van der Waals surface area contributed by atoms with Gasteiger partial charge in [-0.3, -0.25) is 4.79 Å². The SMILES string of the molecule is Cc1cc(NC(=O)[C@@H](N)Cc2ccc(O)cc2)cnc1Br. The minimum atomic E-state index is -0.668. The number of hydrogen-bond acceptors (Lipinski definition) is 4. The second-order valence-electron chi connectivity index (χ2n) is 4.80. The lowest BCUT2D eigenvalue weighted by molar-refractivity contribution is -0.117. The Morgan fingerprint density at radius 1 is 1.43 bits per heavy atom. The van der Waals surface area contributed by atoms with E-state index in [1.54, 1.807) is 30.5 Å². The number of carbonyl (C=O) groups is 1. The molecule has 0 saturated carbocycles. The molecule has 0 spiro atoms. The molecule has 0 aliphatic carbocycles. The number of rotatable bonds is 4. The highest BCUT2D eigenvalue weighted by molar-refractivity contribution is 9.10. The maximum absolute atomic E-state index is 12.1. The summed E-state index contributed by atoms with van der Waals surface area (Å²) in [6.07, 6.45) is 1.97.